The first kappa shape index (κ1) is 19.3. The Balaban J connectivity index is 1.51. The third-order valence-corrected chi connectivity index (χ3v) is 7.47. The van der Waals surface area contributed by atoms with E-state index in [4.69, 9.17) is 11.6 Å². The van der Waals surface area contributed by atoms with Gasteiger partial charge in [-0.1, -0.05) is 29.8 Å². The molecule has 0 atom stereocenters. The van der Waals surface area contributed by atoms with Gasteiger partial charge in [-0.25, -0.2) is 8.42 Å². The monoisotopic (exact) mass is 413 g/mol. The van der Waals surface area contributed by atoms with Crippen molar-refractivity contribution in [2.45, 2.75) is 11.4 Å². The molecule has 2 heterocycles. The van der Waals surface area contributed by atoms with Gasteiger partial charge in [0.05, 0.1) is 18.1 Å². The number of carbonyl (C=O) groups excluding carboxylic acids is 1. The lowest BCUT2D eigenvalue weighted by Gasteiger charge is -2.33. The Bertz CT molecular complexity index is 848. The van der Waals surface area contributed by atoms with Crippen LogP contribution in [0.1, 0.15) is 4.88 Å². The minimum absolute atomic E-state index is 0.0548. The van der Waals surface area contributed by atoms with Gasteiger partial charge in [0.15, 0.2) is 0 Å². The molecule has 1 fully saturated rings. The van der Waals surface area contributed by atoms with Crippen molar-refractivity contribution < 1.29 is 13.2 Å². The van der Waals surface area contributed by atoms with E-state index >= 15 is 0 Å². The van der Waals surface area contributed by atoms with Crippen LogP contribution < -0.4 is 5.32 Å². The smallest absolute Gasteiger partial charge is 0.244 e. The van der Waals surface area contributed by atoms with E-state index in [1.54, 1.807) is 29.5 Å². The molecule has 3 rings (SSSR count). The highest BCUT2D eigenvalue weighted by molar-refractivity contribution is 7.89. The topological polar surface area (TPSA) is 69.7 Å². The third-order valence-electron chi connectivity index (χ3n) is 4.19. The zero-order valence-electron chi connectivity index (χ0n) is 14.1. The molecule has 1 aliphatic heterocycles. The third kappa shape index (κ3) is 4.63. The summed E-state index contributed by atoms with van der Waals surface area (Å²) < 4.78 is 26.9. The largest absolute Gasteiger partial charge is 0.350 e. The molecular weight excluding hydrogens is 394 g/mol. The fourth-order valence-electron chi connectivity index (χ4n) is 2.78. The maximum atomic E-state index is 12.7. The molecule has 2 aromatic rings. The van der Waals surface area contributed by atoms with E-state index in [1.807, 2.05) is 22.4 Å². The lowest BCUT2D eigenvalue weighted by Crippen LogP contribution is -2.51. The number of carbonyl (C=O) groups is 1. The molecule has 1 saturated heterocycles. The number of piperazine rings is 1. The minimum atomic E-state index is -3.61. The second-order valence-electron chi connectivity index (χ2n) is 5.97. The first-order valence-corrected chi connectivity index (χ1v) is 10.9. The number of rotatable bonds is 6. The van der Waals surface area contributed by atoms with Crippen LogP contribution in [0.15, 0.2) is 46.7 Å². The fraction of sp³-hybridized carbons (Fsp3) is 0.353. The van der Waals surface area contributed by atoms with Crippen molar-refractivity contribution in [3.8, 4) is 0 Å². The summed E-state index contributed by atoms with van der Waals surface area (Å²) in [6, 6.07) is 10.4. The molecule has 1 amide bonds. The quantitative estimate of drug-likeness (QED) is 0.786. The highest BCUT2D eigenvalue weighted by atomic mass is 35.5. The number of amides is 1. The van der Waals surface area contributed by atoms with Crippen molar-refractivity contribution in [2.24, 2.45) is 0 Å². The Labute approximate surface area is 162 Å². The second kappa shape index (κ2) is 8.49. The molecule has 0 bridgehead atoms. The van der Waals surface area contributed by atoms with Crippen LogP contribution in [0.3, 0.4) is 0 Å². The summed E-state index contributed by atoms with van der Waals surface area (Å²) >= 11 is 7.63. The molecule has 140 valence electrons. The van der Waals surface area contributed by atoms with Crippen molar-refractivity contribution in [3.63, 3.8) is 0 Å². The molecule has 0 saturated carbocycles. The number of hydrogen-bond donors (Lipinski definition) is 1. The van der Waals surface area contributed by atoms with Crippen molar-refractivity contribution in [2.75, 3.05) is 32.7 Å². The Kier molecular flexibility index (Phi) is 6.31. The Morgan fingerprint density at radius 3 is 2.50 bits per heavy atom. The Morgan fingerprint density at radius 2 is 1.85 bits per heavy atom. The van der Waals surface area contributed by atoms with E-state index in [9.17, 15) is 13.2 Å². The van der Waals surface area contributed by atoms with Crippen LogP contribution in [0.2, 0.25) is 5.02 Å². The summed E-state index contributed by atoms with van der Waals surface area (Å²) in [5.74, 6) is -0.0548. The number of nitrogens with zero attached hydrogens (tertiary/aromatic N) is 2. The van der Waals surface area contributed by atoms with Gasteiger partial charge in [0.1, 0.15) is 4.90 Å². The summed E-state index contributed by atoms with van der Waals surface area (Å²) in [5.41, 5.74) is 0. The normalized spacial score (nSPS) is 16.5. The van der Waals surface area contributed by atoms with Gasteiger partial charge in [0, 0.05) is 31.1 Å². The van der Waals surface area contributed by atoms with Crippen LogP contribution in [0.4, 0.5) is 0 Å². The second-order valence-corrected chi connectivity index (χ2v) is 9.31. The van der Waals surface area contributed by atoms with E-state index in [0.717, 1.165) is 4.88 Å². The van der Waals surface area contributed by atoms with E-state index < -0.39 is 10.0 Å². The Morgan fingerprint density at radius 1 is 1.12 bits per heavy atom. The van der Waals surface area contributed by atoms with Gasteiger partial charge >= 0.3 is 0 Å². The van der Waals surface area contributed by atoms with Gasteiger partial charge in [-0.2, -0.15) is 4.31 Å². The average Bonchev–Trinajstić information content (AvgIpc) is 3.14. The van der Waals surface area contributed by atoms with E-state index in [1.165, 1.54) is 10.4 Å². The van der Waals surface area contributed by atoms with E-state index in [2.05, 4.69) is 5.32 Å². The fourth-order valence-corrected chi connectivity index (χ4v) is 5.34. The minimum Gasteiger partial charge on any atom is -0.350 e. The molecule has 26 heavy (non-hydrogen) atoms. The van der Waals surface area contributed by atoms with Crippen LogP contribution in [0, 0.1) is 0 Å². The first-order valence-electron chi connectivity index (χ1n) is 8.23. The standard InChI is InChI=1S/C17H20ClN3O3S2/c18-15-5-1-2-6-16(15)26(23,24)21-9-7-20(8-10-21)13-17(22)19-12-14-4-3-11-25-14/h1-6,11H,7-10,12-13H2,(H,19,22). The van der Waals surface area contributed by atoms with Gasteiger partial charge < -0.3 is 5.32 Å². The first-order chi connectivity index (χ1) is 12.5. The maximum Gasteiger partial charge on any atom is 0.244 e. The van der Waals surface area contributed by atoms with Crippen LogP contribution in [0.5, 0.6) is 0 Å². The van der Waals surface area contributed by atoms with E-state index in [0.29, 0.717) is 32.7 Å². The van der Waals surface area contributed by atoms with Crippen LogP contribution >= 0.6 is 22.9 Å². The highest BCUT2D eigenvalue weighted by Gasteiger charge is 2.30. The number of halogens is 1. The van der Waals surface area contributed by atoms with Crippen molar-refractivity contribution in [3.05, 3.63) is 51.7 Å². The average molecular weight is 414 g/mol. The van der Waals surface area contributed by atoms with Crippen molar-refractivity contribution in [1.29, 1.82) is 0 Å². The lowest BCUT2D eigenvalue weighted by atomic mass is 10.3. The summed E-state index contributed by atoms with van der Waals surface area (Å²) in [5, 5.41) is 5.08. The van der Waals surface area contributed by atoms with E-state index in [-0.39, 0.29) is 22.4 Å². The molecule has 9 heteroatoms. The van der Waals surface area contributed by atoms with Crippen LogP contribution in [-0.2, 0) is 21.4 Å². The molecule has 1 aromatic heterocycles. The molecule has 1 aromatic carbocycles. The summed E-state index contributed by atoms with van der Waals surface area (Å²) in [4.78, 5) is 15.2. The number of hydrogen-bond acceptors (Lipinski definition) is 5. The highest BCUT2D eigenvalue weighted by Crippen LogP contribution is 2.24. The van der Waals surface area contributed by atoms with Gasteiger partial charge in [-0.3, -0.25) is 9.69 Å². The molecule has 0 aliphatic carbocycles. The molecule has 0 spiro atoms. The summed E-state index contributed by atoms with van der Waals surface area (Å²) in [7, 11) is -3.61. The van der Waals surface area contributed by atoms with Crippen molar-refractivity contribution >= 4 is 38.9 Å². The SMILES string of the molecule is O=C(CN1CCN(S(=O)(=O)c2ccccc2Cl)CC1)NCc1cccs1. The van der Waals surface area contributed by atoms with Crippen LogP contribution in [0.25, 0.3) is 0 Å². The van der Waals surface area contributed by atoms with Gasteiger partial charge in [-0.05, 0) is 23.6 Å². The van der Waals surface area contributed by atoms with Gasteiger partial charge in [-0.15, -0.1) is 11.3 Å². The molecule has 1 N–H and O–H groups in total. The zero-order valence-corrected chi connectivity index (χ0v) is 16.5. The lowest BCUT2D eigenvalue weighted by molar-refractivity contribution is -0.122. The number of sulfonamides is 1. The van der Waals surface area contributed by atoms with Gasteiger partial charge in [0.2, 0.25) is 15.9 Å². The maximum absolute atomic E-state index is 12.7. The predicted octanol–water partition coefficient (Wildman–Crippen LogP) is 2.02. The number of thiophene rings is 1. The molecule has 0 radical (unpaired) electrons. The van der Waals surface area contributed by atoms with Crippen molar-refractivity contribution in [1.82, 2.24) is 14.5 Å². The predicted molar refractivity (Wildman–Crippen MR) is 103 cm³/mol. The molecule has 1 aliphatic rings. The molecule has 6 nitrogen and oxygen atoms in total. The van der Waals surface area contributed by atoms with Gasteiger partial charge in [0.25, 0.3) is 0 Å². The molecule has 0 unspecified atom stereocenters. The van der Waals surface area contributed by atoms with Crippen LogP contribution in [-0.4, -0.2) is 56.3 Å². The number of benzene rings is 1. The summed E-state index contributed by atoms with van der Waals surface area (Å²) in [6.45, 7) is 2.49. The Hall–Kier alpha value is -1.45. The zero-order chi connectivity index (χ0) is 18.6. The molecular formula is C17H20ClN3O3S2. The summed E-state index contributed by atoms with van der Waals surface area (Å²) in [6.07, 6.45) is 0. The number of nitrogens with one attached hydrogen (secondary N) is 1.